The summed E-state index contributed by atoms with van der Waals surface area (Å²) in [5, 5.41) is 3.37. The quantitative estimate of drug-likeness (QED) is 0.724. The van der Waals surface area contributed by atoms with Gasteiger partial charge in [0.1, 0.15) is 5.82 Å². The second-order valence-corrected chi connectivity index (χ2v) is 6.99. The lowest BCUT2D eigenvalue weighted by Gasteiger charge is -2.34. The normalized spacial score (nSPS) is 15.0. The molecule has 3 rings (SSSR count). The highest BCUT2D eigenvalue weighted by Crippen LogP contribution is 2.09. The molecule has 1 aromatic heterocycles. The standard InChI is InChI=1S/C20H27N5O3/c1-2-21-18(26)14-24-10-12-25(13-11-24)19(27)9-5-8-17-22-16-7-4-3-6-15(16)20(28)23-17/h3-4,6-7H,2,5,8-14H2,1H3,(H,21,26)(H,22,23,28). The van der Waals surface area contributed by atoms with Crippen LogP contribution in [0, 0.1) is 0 Å². The number of para-hydroxylation sites is 1. The van der Waals surface area contributed by atoms with E-state index in [4.69, 9.17) is 0 Å². The van der Waals surface area contributed by atoms with Gasteiger partial charge < -0.3 is 15.2 Å². The van der Waals surface area contributed by atoms with E-state index in [0.717, 1.165) is 0 Å². The van der Waals surface area contributed by atoms with Gasteiger partial charge >= 0.3 is 0 Å². The van der Waals surface area contributed by atoms with Crippen LogP contribution in [0.2, 0.25) is 0 Å². The van der Waals surface area contributed by atoms with Gasteiger partial charge in [-0.15, -0.1) is 0 Å². The molecule has 0 atom stereocenters. The van der Waals surface area contributed by atoms with Crippen molar-refractivity contribution in [1.29, 1.82) is 0 Å². The van der Waals surface area contributed by atoms with E-state index < -0.39 is 0 Å². The average Bonchev–Trinajstić information content (AvgIpc) is 2.69. The molecular weight excluding hydrogens is 358 g/mol. The summed E-state index contributed by atoms with van der Waals surface area (Å²) in [6.07, 6.45) is 1.62. The summed E-state index contributed by atoms with van der Waals surface area (Å²) < 4.78 is 0. The Hall–Kier alpha value is -2.74. The third-order valence-electron chi connectivity index (χ3n) is 4.93. The molecule has 2 N–H and O–H groups in total. The number of aryl methyl sites for hydroxylation is 1. The van der Waals surface area contributed by atoms with E-state index in [1.807, 2.05) is 30.0 Å². The molecule has 1 aliphatic heterocycles. The van der Waals surface area contributed by atoms with Crippen LogP contribution in [-0.4, -0.2) is 70.9 Å². The van der Waals surface area contributed by atoms with Gasteiger partial charge in [-0.3, -0.25) is 19.3 Å². The molecule has 0 radical (unpaired) electrons. The van der Waals surface area contributed by atoms with Gasteiger partial charge in [0.25, 0.3) is 5.56 Å². The molecule has 0 saturated carbocycles. The van der Waals surface area contributed by atoms with Crippen LogP contribution < -0.4 is 10.9 Å². The molecule has 28 heavy (non-hydrogen) atoms. The number of hydrogen-bond donors (Lipinski definition) is 2. The Morgan fingerprint density at radius 2 is 1.93 bits per heavy atom. The summed E-state index contributed by atoms with van der Waals surface area (Å²) in [7, 11) is 0. The predicted octanol–water partition coefficient (Wildman–Crippen LogP) is 0.526. The lowest BCUT2D eigenvalue weighted by Crippen LogP contribution is -2.51. The van der Waals surface area contributed by atoms with Gasteiger partial charge in [-0.05, 0) is 25.5 Å². The molecule has 1 fully saturated rings. The Morgan fingerprint density at radius 3 is 2.68 bits per heavy atom. The van der Waals surface area contributed by atoms with Crippen molar-refractivity contribution in [3.05, 3.63) is 40.4 Å². The molecule has 8 heteroatoms. The smallest absolute Gasteiger partial charge is 0.258 e. The lowest BCUT2D eigenvalue weighted by molar-refractivity contribution is -0.133. The highest BCUT2D eigenvalue weighted by Gasteiger charge is 2.22. The summed E-state index contributed by atoms with van der Waals surface area (Å²) in [6.45, 7) is 5.63. The number of hydrogen-bond acceptors (Lipinski definition) is 5. The predicted molar refractivity (Wildman–Crippen MR) is 107 cm³/mol. The van der Waals surface area contributed by atoms with Crippen LogP contribution in [0.3, 0.4) is 0 Å². The fourth-order valence-electron chi connectivity index (χ4n) is 3.43. The molecule has 0 spiro atoms. The highest BCUT2D eigenvalue weighted by atomic mass is 16.2. The third-order valence-corrected chi connectivity index (χ3v) is 4.93. The van der Waals surface area contributed by atoms with Crippen molar-refractivity contribution in [1.82, 2.24) is 25.1 Å². The van der Waals surface area contributed by atoms with E-state index in [1.165, 1.54) is 0 Å². The minimum absolute atomic E-state index is 0.0270. The number of piperazine rings is 1. The summed E-state index contributed by atoms with van der Waals surface area (Å²) in [5.41, 5.74) is 0.533. The van der Waals surface area contributed by atoms with Crippen molar-refractivity contribution in [3.63, 3.8) is 0 Å². The molecule has 0 aliphatic carbocycles. The number of likely N-dealkylation sites (N-methyl/N-ethyl adjacent to an activating group) is 1. The first kappa shape index (κ1) is 20.0. The Kier molecular flexibility index (Phi) is 6.76. The molecule has 8 nitrogen and oxygen atoms in total. The zero-order valence-electron chi connectivity index (χ0n) is 16.2. The topological polar surface area (TPSA) is 98.4 Å². The van der Waals surface area contributed by atoms with E-state index in [1.54, 1.807) is 6.07 Å². The van der Waals surface area contributed by atoms with Gasteiger partial charge in [-0.2, -0.15) is 0 Å². The summed E-state index contributed by atoms with van der Waals surface area (Å²) in [4.78, 5) is 47.4. The third kappa shape index (κ3) is 5.16. The molecule has 0 bridgehead atoms. The minimum atomic E-state index is -0.143. The number of carbonyl (C=O) groups is 2. The summed E-state index contributed by atoms with van der Waals surface area (Å²) in [5.74, 6) is 0.753. The van der Waals surface area contributed by atoms with E-state index in [-0.39, 0.29) is 17.4 Å². The fraction of sp³-hybridized carbons (Fsp3) is 0.500. The van der Waals surface area contributed by atoms with Crippen molar-refractivity contribution >= 4 is 22.7 Å². The molecule has 2 heterocycles. The second-order valence-electron chi connectivity index (χ2n) is 6.99. The molecular formula is C20H27N5O3. The van der Waals surface area contributed by atoms with E-state index in [2.05, 4.69) is 20.2 Å². The first-order valence-electron chi connectivity index (χ1n) is 9.81. The monoisotopic (exact) mass is 385 g/mol. The van der Waals surface area contributed by atoms with Crippen LogP contribution in [0.15, 0.2) is 29.1 Å². The van der Waals surface area contributed by atoms with Crippen molar-refractivity contribution in [3.8, 4) is 0 Å². The van der Waals surface area contributed by atoms with Gasteiger partial charge in [-0.25, -0.2) is 4.98 Å². The maximum atomic E-state index is 12.4. The van der Waals surface area contributed by atoms with Crippen LogP contribution in [-0.2, 0) is 16.0 Å². The molecule has 2 aromatic rings. The van der Waals surface area contributed by atoms with Crippen LogP contribution in [0.25, 0.3) is 10.9 Å². The van der Waals surface area contributed by atoms with Gasteiger partial charge in [-0.1, -0.05) is 12.1 Å². The van der Waals surface area contributed by atoms with E-state index >= 15 is 0 Å². The first-order chi connectivity index (χ1) is 13.6. The van der Waals surface area contributed by atoms with Crippen molar-refractivity contribution < 1.29 is 9.59 Å². The Balaban J connectivity index is 1.44. The molecule has 0 unspecified atom stereocenters. The fourth-order valence-corrected chi connectivity index (χ4v) is 3.43. The number of benzene rings is 1. The number of rotatable bonds is 7. The summed E-state index contributed by atoms with van der Waals surface area (Å²) >= 11 is 0. The maximum absolute atomic E-state index is 12.4. The maximum Gasteiger partial charge on any atom is 0.258 e. The zero-order valence-corrected chi connectivity index (χ0v) is 16.2. The van der Waals surface area contributed by atoms with Gasteiger partial charge in [0.2, 0.25) is 11.8 Å². The van der Waals surface area contributed by atoms with E-state index in [0.29, 0.717) is 75.3 Å². The highest BCUT2D eigenvalue weighted by molar-refractivity contribution is 5.78. The number of fused-ring (bicyclic) bond motifs is 1. The number of H-pyrrole nitrogens is 1. The number of aromatic nitrogens is 2. The van der Waals surface area contributed by atoms with Gasteiger partial charge in [0.05, 0.1) is 17.4 Å². The van der Waals surface area contributed by atoms with Crippen molar-refractivity contribution in [2.24, 2.45) is 0 Å². The number of nitrogens with zero attached hydrogens (tertiary/aromatic N) is 3. The largest absolute Gasteiger partial charge is 0.355 e. The Morgan fingerprint density at radius 1 is 1.18 bits per heavy atom. The second kappa shape index (κ2) is 9.45. The number of aromatic amines is 1. The Bertz CT molecular complexity index is 887. The zero-order chi connectivity index (χ0) is 19.9. The molecule has 1 saturated heterocycles. The molecule has 150 valence electrons. The molecule has 1 aliphatic rings. The van der Waals surface area contributed by atoms with Crippen molar-refractivity contribution in [2.45, 2.75) is 26.2 Å². The number of amides is 2. The van der Waals surface area contributed by atoms with Crippen LogP contribution in [0.1, 0.15) is 25.6 Å². The molecule has 1 aromatic carbocycles. The van der Waals surface area contributed by atoms with Crippen LogP contribution in [0.5, 0.6) is 0 Å². The molecule has 2 amide bonds. The SMILES string of the molecule is CCNC(=O)CN1CCN(C(=O)CCCc2nc3ccccc3c(=O)[nH]2)CC1. The lowest BCUT2D eigenvalue weighted by atomic mass is 10.2. The van der Waals surface area contributed by atoms with Gasteiger partial charge in [0, 0.05) is 45.6 Å². The number of nitrogens with one attached hydrogen (secondary N) is 2. The van der Waals surface area contributed by atoms with Crippen molar-refractivity contribution in [2.75, 3.05) is 39.3 Å². The van der Waals surface area contributed by atoms with Gasteiger partial charge in [0.15, 0.2) is 0 Å². The summed E-state index contributed by atoms with van der Waals surface area (Å²) in [6, 6.07) is 7.24. The van der Waals surface area contributed by atoms with Crippen LogP contribution in [0.4, 0.5) is 0 Å². The van der Waals surface area contributed by atoms with E-state index in [9.17, 15) is 14.4 Å². The first-order valence-corrected chi connectivity index (χ1v) is 9.81. The minimum Gasteiger partial charge on any atom is -0.355 e. The number of carbonyl (C=O) groups excluding carboxylic acids is 2. The van der Waals surface area contributed by atoms with Crippen LogP contribution >= 0.6 is 0 Å². The average molecular weight is 385 g/mol. The Labute approximate surface area is 163 Å².